The summed E-state index contributed by atoms with van der Waals surface area (Å²) in [6.07, 6.45) is 0.0826. The summed E-state index contributed by atoms with van der Waals surface area (Å²) in [6, 6.07) is 9.89. The molecule has 4 rings (SSSR count). The molecule has 0 spiro atoms. The number of aryl methyl sites for hydroxylation is 1. The molecule has 154 valence electrons. The molecule has 1 atom stereocenters. The van der Waals surface area contributed by atoms with Gasteiger partial charge in [-0.3, -0.25) is 19.7 Å². The lowest BCUT2D eigenvalue weighted by Crippen LogP contribution is -2.28. The SMILES string of the molecule is COc1ccc(C)cc1N1CC(C(=O)Nc2nc3ccc([N+](=O)[O-])cc3s2)CC1=O. The number of fused-ring (bicyclic) bond motifs is 1. The number of amides is 2. The number of nitrogens with zero attached hydrogens (tertiary/aromatic N) is 3. The van der Waals surface area contributed by atoms with Crippen LogP contribution < -0.4 is 15.0 Å². The number of ether oxygens (including phenoxy) is 1. The summed E-state index contributed by atoms with van der Waals surface area (Å²) in [5.41, 5.74) is 2.16. The second-order valence-corrected chi connectivity index (χ2v) is 8.03. The van der Waals surface area contributed by atoms with Gasteiger partial charge in [-0.05, 0) is 30.7 Å². The summed E-state index contributed by atoms with van der Waals surface area (Å²) in [5, 5.41) is 14.0. The van der Waals surface area contributed by atoms with Crippen LogP contribution >= 0.6 is 11.3 Å². The summed E-state index contributed by atoms with van der Waals surface area (Å²) in [7, 11) is 1.54. The van der Waals surface area contributed by atoms with Crippen molar-refractivity contribution in [1.82, 2.24) is 4.98 Å². The average molecular weight is 426 g/mol. The Kier molecular flexibility index (Phi) is 5.08. The minimum Gasteiger partial charge on any atom is -0.495 e. The van der Waals surface area contributed by atoms with E-state index in [0.717, 1.165) is 16.9 Å². The zero-order chi connectivity index (χ0) is 21.4. The second-order valence-electron chi connectivity index (χ2n) is 7.00. The fraction of sp³-hybridized carbons (Fsp3) is 0.250. The van der Waals surface area contributed by atoms with Crippen LogP contribution in [-0.4, -0.2) is 35.4 Å². The number of carbonyl (C=O) groups excluding carboxylic acids is 2. The molecule has 30 heavy (non-hydrogen) atoms. The third kappa shape index (κ3) is 3.69. The highest BCUT2D eigenvalue weighted by atomic mass is 32.1. The van der Waals surface area contributed by atoms with Crippen LogP contribution in [0.4, 0.5) is 16.5 Å². The van der Waals surface area contributed by atoms with Crippen LogP contribution in [0.2, 0.25) is 0 Å². The van der Waals surface area contributed by atoms with Crippen molar-refractivity contribution in [2.75, 3.05) is 23.9 Å². The molecule has 10 heteroatoms. The Labute approximate surface area is 175 Å². The molecule has 1 unspecified atom stereocenters. The number of carbonyl (C=O) groups is 2. The maximum absolute atomic E-state index is 12.7. The van der Waals surface area contributed by atoms with E-state index in [1.807, 2.05) is 19.1 Å². The first-order valence-electron chi connectivity index (χ1n) is 9.16. The molecule has 0 bridgehead atoms. The molecule has 1 aliphatic heterocycles. The van der Waals surface area contributed by atoms with E-state index in [-0.39, 0.29) is 30.5 Å². The third-order valence-electron chi connectivity index (χ3n) is 4.93. The Bertz CT molecular complexity index is 1180. The van der Waals surface area contributed by atoms with Gasteiger partial charge >= 0.3 is 0 Å². The van der Waals surface area contributed by atoms with Gasteiger partial charge in [0, 0.05) is 25.1 Å². The number of nitro benzene ring substituents is 1. The molecule has 1 aliphatic rings. The van der Waals surface area contributed by atoms with Crippen molar-refractivity contribution in [2.24, 2.45) is 5.92 Å². The minimum atomic E-state index is -0.538. The van der Waals surface area contributed by atoms with Gasteiger partial charge in [-0.1, -0.05) is 17.4 Å². The Balaban J connectivity index is 1.51. The predicted octanol–water partition coefficient (Wildman–Crippen LogP) is 3.51. The topological polar surface area (TPSA) is 115 Å². The molecular weight excluding hydrogens is 408 g/mol. The van der Waals surface area contributed by atoms with E-state index < -0.39 is 10.8 Å². The van der Waals surface area contributed by atoms with E-state index in [0.29, 0.717) is 26.8 Å². The molecule has 1 saturated heterocycles. The molecule has 1 aromatic heterocycles. The van der Waals surface area contributed by atoms with Gasteiger partial charge in [0.1, 0.15) is 5.75 Å². The van der Waals surface area contributed by atoms with Gasteiger partial charge in [0.25, 0.3) is 5.69 Å². The van der Waals surface area contributed by atoms with Gasteiger partial charge < -0.3 is 15.0 Å². The van der Waals surface area contributed by atoms with E-state index in [1.165, 1.54) is 19.2 Å². The smallest absolute Gasteiger partial charge is 0.270 e. The summed E-state index contributed by atoms with van der Waals surface area (Å²) in [4.78, 5) is 41.6. The number of rotatable bonds is 5. The fourth-order valence-electron chi connectivity index (χ4n) is 3.41. The van der Waals surface area contributed by atoms with Crippen LogP contribution in [0, 0.1) is 23.0 Å². The average Bonchev–Trinajstić information content (AvgIpc) is 3.29. The van der Waals surface area contributed by atoms with Gasteiger partial charge in [-0.2, -0.15) is 0 Å². The van der Waals surface area contributed by atoms with E-state index in [9.17, 15) is 19.7 Å². The summed E-state index contributed by atoms with van der Waals surface area (Å²) in [6.45, 7) is 2.16. The summed E-state index contributed by atoms with van der Waals surface area (Å²) < 4.78 is 5.97. The number of hydrogen-bond donors (Lipinski definition) is 1. The molecule has 0 aliphatic carbocycles. The second kappa shape index (κ2) is 7.71. The fourth-order valence-corrected chi connectivity index (χ4v) is 4.32. The van der Waals surface area contributed by atoms with Gasteiger partial charge in [-0.15, -0.1) is 0 Å². The number of hydrogen-bond acceptors (Lipinski definition) is 7. The molecule has 3 aromatic rings. The first-order chi connectivity index (χ1) is 14.4. The van der Waals surface area contributed by atoms with Crippen molar-refractivity contribution in [1.29, 1.82) is 0 Å². The van der Waals surface area contributed by atoms with Gasteiger partial charge in [0.15, 0.2) is 5.13 Å². The largest absolute Gasteiger partial charge is 0.495 e. The van der Waals surface area contributed by atoms with Gasteiger partial charge in [0.05, 0.1) is 33.9 Å². The molecule has 0 radical (unpaired) electrons. The van der Waals surface area contributed by atoms with E-state index in [2.05, 4.69) is 10.3 Å². The summed E-state index contributed by atoms with van der Waals surface area (Å²) in [5.74, 6) is -0.433. The molecular formula is C20H18N4O5S. The highest BCUT2D eigenvalue weighted by Gasteiger charge is 2.36. The number of nitro groups is 1. The number of methoxy groups -OCH3 is 1. The van der Waals surface area contributed by atoms with Gasteiger partial charge in [0.2, 0.25) is 11.8 Å². The van der Waals surface area contributed by atoms with Crippen molar-refractivity contribution < 1.29 is 19.2 Å². The molecule has 2 heterocycles. The third-order valence-corrected chi connectivity index (χ3v) is 5.87. The predicted molar refractivity (Wildman–Crippen MR) is 113 cm³/mol. The Morgan fingerprint density at radius 3 is 2.87 bits per heavy atom. The van der Waals surface area contributed by atoms with Crippen molar-refractivity contribution in [3.05, 3.63) is 52.1 Å². The zero-order valence-corrected chi connectivity index (χ0v) is 17.1. The van der Waals surface area contributed by atoms with Crippen LogP contribution in [0.25, 0.3) is 10.2 Å². The minimum absolute atomic E-state index is 0.0341. The maximum atomic E-state index is 12.7. The standard InChI is InChI=1S/C20H18N4O5S/c1-11-3-6-16(29-2)15(7-11)23-10-12(8-18(23)25)19(26)22-20-21-14-5-4-13(24(27)28)9-17(14)30-20/h3-7,9,12H,8,10H2,1-2H3,(H,21,22,26). The number of aromatic nitrogens is 1. The van der Waals surface area contributed by atoms with Crippen LogP contribution in [0.5, 0.6) is 5.75 Å². The lowest BCUT2D eigenvalue weighted by Gasteiger charge is -2.20. The van der Waals surface area contributed by atoms with Crippen molar-refractivity contribution in [3.63, 3.8) is 0 Å². The molecule has 1 N–H and O–H groups in total. The van der Waals surface area contributed by atoms with Crippen molar-refractivity contribution in [3.8, 4) is 5.75 Å². The quantitative estimate of drug-likeness (QED) is 0.493. The Morgan fingerprint density at radius 1 is 1.33 bits per heavy atom. The van der Waals surface area contributed by atoms with Crippen LogP contribution in [0.3, 0.4) is 0 Å². The van der Waals surface area contributed by atoms with Crippen LogP contribution in [0.15, 0.2) is 36.4 Å². The normalized spacial score (nSPS) is 16.1. The number of anilines is 2. The Morgan fingerprint density at radius 2 is 2.13 bits per heavy atom. The zero-order valence-electron chi connectivity index (χ0n) is 16.2. The van der Waals surface area contributed by atoms with Crippen molar-refractivity contribution >= 4 is 49.9 Å². The first-order valence-corrected chi connectivity index (χ1v) is 9.98. The van der Waals surface area contributed by atoms with E-state index in [4.69, 9.17) is 4.74 Å². The molecule has 1 fully saturated rings. The number of thiazole rings is 1. The van der Waals surface area contributed by atoms with Gasteiger partial charge in [-0.25, -0.2) is 4.98 Å². The van der Waals surface area contributed by atoms with E-state index >= 15 is 0 Å². The lowest BCUT2D eigenvalue weighted by molar-refractivity contribution is -0.384. The molecule has 2 aromatic carbocycles. The molecule has 9 nitrogen and oxygen atoms in total. The highest BCUT2D eigenvalue weighted by Crippen LogP contribution is 2.35. The number of non-ortho nitro benzene ring substituents is 1. The monoisotopic (exact) mass is 426 g/mol. The van der Waals surface area contributed by atoms with E-state index in [1.54, 1.807) is 17.0 Å². The summed E-state index contributed by atoms with van der Waals surface area (Å²) >= 11 is 1.16. The van der Waals surface area contributed by atoms with Crippen LogP contribution in [0.1, 0.15) is 12.0 Å². The van der Waals surface area contributed by atoms with Crippen molar-refractivity contribution in [2.45, 2.75) is 13.3 Å². The first kappa shape index (κ1) is 19.8. The van der Waals surface area contributed by atoms with Crippen LogP contribution in [-0.2, 0) is 9.59 Å². The number of nitrogens with one attached hydrogen (secondary N) is 1. The molecule has 2 amide bonds. The lowest BCUT2D eigenvalue weighted by atomic mass is 10.1. The number of benzene rings is 2. The highest BCUT2D eigenvalue weighted by molar-refractivity contribution is 7.22. The Hall–Kier alpha value is -3.53. The molecule has 0 saturated carbocycles. The maximum Gasteiger partial charge on any atom is 0.270 e.